The Morgan fingerprint density at radius 3 is 2.56 bits per heavy atom. The van der Waals surface area contributed by atoms with Gasteiger partial charge in [0, 0.05) is 18.9 Å². The van der Waals surface area contributed by atoms with E-state index in [4.69, 9.17) is 5.11 Å². The zero-order valence-corrected chi connectivity index (χ0v) is 9.24. The number of hydrogen-bond donors (Lipinski definition) is 1. The number of imidazole rings is 1. The predicted molar refractivity (Wildman–Crippen MR) is 51.9 cm³/mol. The molecule has 0 unspecified atom stereocenters. The van der Waals surface area contributed by atoms with Gasteiger partial charge >= 0.3 is 12.7 Å². The van der Waals surface area contributed by atoms with Crippen LogP contribution in [0.4, 0.5) is 22.0 Å². The SMILES string of the molecule is OCCN(Cc1nccn1C(F)F)CC(F)(F)F. The summed E-state index contributed by atoms with van der Waals surface area (Å²) in [4.78, 5) is 4.39. The summed E-state index contributed by atoms with van der Waals surface area (Å²) in [5, 5.41) is 8.66. The van der Waals surface area contributed by atoms with Gasteiger partial charge in [-0.2, -0.15) is 22.0 Å². The van der Waals surface area contributed by atoms with E-state index in [1.54, 1.807) is 0 Å². The summed E-state index contributed by atoms with van der Waals surface area (Å²) in [6.07, 6.45) is -2.38. The van der Waals surface area contributed by atoms with E-state index >= 15 is 0 Å². The molecular formula is C9H12F5N3O. The van der Waals surface area contributed by atoms with Crippen LogP contribution in [0, 0.1) is 0 Å². The molecule has 0 spiro atoms. The first-order valence-electron chi connectivity index (χ1n) is 5.03. The minimum absolute atomic E-state index is 0.178. The molecule has 9 heteroatoms. The minimum Gasteiger partial charge on any atom is -0.395 e. The molecule has 0 saturated carbocycles. The molecule has 0 aliphatic heterocycles. The lowest BCUT2D eigenvalue weighted by Gasteiger charge is -2.22. The van der Waals surface area contributed by atoms with Crippen LogP contribution < -0.4 is 0 Å². The third-order valence-electron chi connectivity index (χ3n) is 2.14. The van der Waals surface area contributed by atoms with E-state index in [0.29, 0.717) is 4.57 Å². The molecule has 0 radical (unpaired) electrons. The lowest BCUT2D eigenvalue weighted by Crippen LogP contribution is -2.36. The van der Waals surface area contributed by atoms with E-state index in [1.807, 2.05) is 0 Å². The maximum atomic E-state index is 12.5. The third kappa shape index (κ3) is 4.57. The second-order valence-electron chi connectivity index (χ2n) is 3.58. The summed E-state index contributed by atoms with van der Waals surface area (Å²) in [5.41, 5.74) is 0. The maximum Gasteiger partial charge on any atom is 0.401 e. The van der Waals surface area contributed by atoms with Gasteiger partial charge in [-0.3, -0.25) is 9.47 Å². The Morgan fingerprint density at radius 2 is 2.06 bits per heavy atom. The van der Waals surface area contributed by atoms with Crippen LogP contribution in [-0.2, 0) is 6.54 Å². The first-order chi connectivity index (χ1) is 8.33. The maximum absolute atomic E-state index is 12.5. The fourth-order valence-electron chi connectivity index (χ4n) is 1.45. The second kappa shape index (κ2) is 6.10. The van der Waals surface area contributed by atoms with Crippen molar-refractivity contribution >= 4 is 0 Å². The Labute approximate surface area is 99.6 Å². The Balaban J connectivity index is 2.73. The monoisotopic (exact) mass is 273 g/mol. The van der Waals surface area contributed by atoms with Crippen molar-refractivity contribution in [3.8, 4) is 0 Å². The lowest BCUT2D eigenvalue weighted by atomic mass is 10.4. The highest BCUT2D eigenvalue weighted by Gasteiger charge is 2.31. The summed E-state index contributed by atoms with van der Waals surface area (Å²) in [7, 11) is 0. The van der Waals surface area contributed by atoms with Gasteiger partial charge in [-0.05, 0) is 0 Å². The first kappa shape index (κ1) is 14.8. The lowest BCUT2D eigenvalue weighted by molar-refractivity contribution is -0.148. The van der Waals surface area contributed by atoms with Crippen LogP contribution in [0.3, 0.4) is 0 Å². The van der Waals surface area contributed by atoms with Gasteiger partial charge in [0.25, 0.3) is 0 Å². The molecule has 1 rings (SSSR count). The molecule has 1 N–H and O–H groups in total. The standard InChI is InChI=1S/C9H12F5N3O/c10-8(11)17-2-1-15-7(17)5-16(3-4-18)6-9(12,13)14/h1-2,8,18H,3-6H2. The molecule has 0 atom stereocenters. The predicted octanol–water partition coefficient (Wildman–Crippen LogP) is 1.63. The topological polar surface area (TPSA) is 41.3 Å². The van der Waals surface area contributed by atoms with Crippen molar-refractivity contribution in [1.29, 1.82) is 0 Å². The molecule has 0 aliphatic carbocycles. The first-order valence-corrected chi connectivity index (χ1v) is 5.03. The number of halogens is 5. The molecule has 4 nitrogen and oxygen atoms in total. The van der Waals surface area contributed by atoms with E-state index in [0.717, 1.165) is 17.3 Å². The summed E-state index contributed by atoms with van der Waals surface area (Å²) in [5.74, 6) is -0.178. The summed E-state index contributed by atoms with van der Waals surface area (Å²) in [6, 6.07) is 0. The van der Waals surface area contributed by atoms with Crippen molar-refractivity contribution in [2.24, 2.45) is 0 Å². The van der Waals surface area contributed by atoms with Crippen LogP contribution in [0.25, 0.3) is 0 Å². The molecule has 104 valence electrons. The second-order valence-corrected chi connectivity index (χ2v) is 3.58. The zero-order chi connectivity index (χ0) is 13.8. The molecule has 1 aromatic rings. The third-order valence-corrected chi connectivity index (χ3v) is 2.14. The van der Waals surface area contributed by atoms with Crippen molar-refractivity contribution in [2.45, 2.75) is 19.3 Å². The summed E-state index contributed by atoms with van der Waals surface area (Å²) >= 11 is 0. The molecule has 0 aromatic carbocycles. The molecule has 18 heavy (non-hydrogen) atoms. The highest BCUT2D eigenvalue weighted by molar-refractivity contribution is 4.93. The molecule has 0 amide bonds. The van der Waals surface area contributed by atoms with Crippen LogP contribution in [0.2, 0.25) is 0 Å². The summed E-state index contributed by atoms with van der Waals surface area (Å²) in [6.45, 7) is -5.31. The number of aliphatic hydroxyl groups excluding tert-OH is 1. The minimum atomic E-state index is -4.46. The molecular weight excluding hydrogens is 261 g/mol. The van der Waals surface area contributed by atoms with E-state index in [9.17, 15) is 22.0 Å². The largest absolute Gasteiger partial charge is 0.401 e. The molecule has 0 bridgehead atoms. The quantitative estimate of drug-likeness (QED) is 0.801. The van der Waals surface area contributed by atoms with Gasteiger partial charge in [0.15, 0.2) is 0 Å². The van der Waals surface area contributed by atoms with Crippen molar-refractivity contribution in [1.82, 2.24) is 14.5 Å². The fraction of sp³-hybridized carbons (Fsp3) is 0.667. The molecule has 0 saturated heterocycles. The number of alkyl halides is 5. The van der Waals surface area contributed by atoms with Gasteiger partial charge in [-0.15, -0.1) is 0 Å². The van der Waals surface area contributed by atoms with Crippen molar-refractivity contribution in [3.63, 3.8) is 0 Å². The van der Waals surface area contributed by atoms with Crippen LogP contribution >= 0.6 is 0 Å². The van der Waals surface area contributed by atoms with Crippen LogP contribution in [0.15, 0.2) is 12.4 Å². The highest BCUT2D eigenvalue weighted by atomic mass is 19.4. The van der Waals surface area contributed by atoms with Gasteiger partial charge < -0.3 is 5.11 Å². The molecule has 1 heterocycles. The van der Waals surface area contributed by atoms with Gasteiger partial charge in [0.1, 0.15) is 5.82 Å². The number of aliphatic hydroxyl groups is 1. The Bertz CT molecular complexity index is 365. The Hall–Kier alpha value is -1.22. The number of rotatable bonds is 6. The van der Waals surface area contributed by atoms with Crippen LogP contribution in [-0.4, -0.2) is 45.4 Å². The van der Waals surface area contributed by atoms with Gasteiger partial charge in [-0.1, -0.05) is 0 Å². The van der Waals surface area contributed by atoms with Gasteiger partial charge in [0.2, 0.25) is 0 Å². The van der Waals surface area contributed by atoms with Crippen LogP contribution in [0.5, 0.6) is 0 Å². The fourth-order valence-corrected chi connectivity index (χ4v) is 1.45. The summed E-state index contributed by atoms with van der Waals surface area (Å²) < 4.78 is 62.1. The van der Waals surface area contributed by atoms with Crippen molar-refractivity contribution in [2.75, 3.05) is 19.7 Å². The van der Waals surface area contributed by atoms with Crippen LogP contribution in [0.1, 0.15) is 12.4 Å². The average Bonchev–Trinajstić information content (AvgIpc) is 2.63. The highest BCUT2D eigenvalue weighted by Crippen LogP contribution is 2.19. The van der Waals surface area contributed by atoms with Crippen molar-refractivity contribution < 1.29 is 27.1 Å². The van der Waals surface area contributed by atoms with E-state index in [-0.39, 0.29) is 12.4 Å². The number of aromatic nitrogens is 2. The van der Waals surface area contributed by atoms with Crippen molar-refractivity contribution in [3.05, 3.63) is 18.2 Å². The molecule has 0 fully saturated rings. The Kier molecular flexibility index (Phi) is 5.03. The normalized spacial score (nSPS) is 12.7. The average molecular weight is 273 g/mol. The smallest absolute Gasteiger partial charge is 0.395 e. The number of hydrogen-bond acceptors (Lipinski definition) is 3. The zero-order valence-electron chi connectivity index (χ0n) is 9.24. The Morgan fingerprint density at radius 1 is 1.39 bits per heavy atom. The molecule has 1 aromatic heterocycles. The van der Waals surface area contributed by atoms with E-state index < -0.39 is 32.4 Å². The van der Waals surface area contributed by atoms with Gasteiger partial charge in [-0.25, -0.2) is 4.98 Å². The number of nitrogens with zero attached hydrogens (tertiary/aromatic N) is 3. The van der Waals surface area contributed by atoms with E-state index in [1.165, 1.54) is 0 Å². The molecule has 0 aliphatic rings. The van der Waals surface area contributed by atoms with E-state index in [2.05, 4.69) is 4.98 Å². The van der Waals surface area contributed by atoms with Gasteiger partial charge in [0.05, 0.1) is 19.7 Å².